The quantitative estimate of drug-likeness (QED) is 0.424. The summed E-state index contributed by atoms with van der Waals surface area (Å²) in [4.78, 5) is 32.8. The molecular weight excluding hydrogens is 240 g/mol. The van der Waals surface area contributed by atoms with Crippen LogP contribution in [0.25, 0.3) is 0 Å². The van der Waals surface area contributed by atoms with Gasteiger partial charge in [-0.05, 0) is 5.41 Å². The maximum absolute atomic E-state index is 11.4. The average Bonchev–Trinajstić information content (AvgIpc) is 2.18. The number of carbonyl (C=O) groups excluding carboxylic acids is 2. The van der Waals surface area contributed by atoms with Gasteiger partial charge in [0.1, 0.15) is 6.04 Å². The van der Waals surface area contributed by atoms with Crippen LogP contribution in [0.3, 0.4) is 0 Å². The summed E-state index contributed by atoms with van der Waals surface area (Å²) in [5.41, 5.74) is 4.23. The molecule has 0 saturated carbocycles. The van der Waals surface area contributed by atoms with E-state index in [9.17, 15) is 14.4 Å². The third-order valence-electron chi connectivity index (χ3n) is 2.10. The Hall–Kier alpha value is -1.99. The van der Waals surface area contributed by atoms with Crippen molar-refractivity contribution in [2.75, 3.05) is 13.1 Å². The summed E-state index contributed by atoms with van der Waals surface area (Å²) in [6.45, 7) is 5.46. The maximum Gasteiger partial charge on any atom is 0.326 e. The third kappa shape index (κ3) is 6.56. The fourth-order valence-electron chi connectivity index (χ4n) is 1.19. The molecule has 0 radical (unpaired) electrons. The van der Waals surface area contributed by atoms with Crippen LogP contribution in [0.1, 0.15) is 20.8 Å². The van der Waals surface area contributed by atoms with Crippen molar-refractivity contribution in [1.29, 1.82) is 0 Å². The van der Waals surface area contributed by atoms with E-state index in [-0.39, 0.29) is 13.1 Å². The number of primary amides is 1. The van der Waals surface area contributed by atoms with Crippen molar-refractivity contribution in [2.24, 2.45) is 11.1 Å². The van der Waals surface area contributed by atoms with Gasteiger partial charge in [0.2, 0.25) is 0 Å². The van der Waals surface area contributed by atoms with Crippen LogP contribution in [0.15, 0.2) is 0 Å². The van der Waals surface area contributed by atoms with E-state index in [4.69, 9.17) is 10.8 Å². The van der Waals surface area contributed by atoms with Crippen LogP contribution in [-0.2, 0) is 4.79 Å². The van der Waals surface area contributed by atoms with Gasteiger partial charge in [0.25, 0.3) is 0 Å². The smallest absolute Gasteiger partial charge is 0.326 e. The van der Waals surface area contributed by atoms with Crippen molar-refractivity contribution in [3.8, 4) is 0 Å². The number of urea groups is 2. The number of hydrogen-bond donors (Lipinski definition) is 5. The Kier molecular flexibility index (Phi) is 5.94. The second kappa shape index (κ2) is 6.67. The van der Waals surface area contributed by atoms with Crippen molar-refractivity contribution in [1.82, 2.24) is 16.0 Å². The molecule has 0 rings (SSSR count). The van der Waals surface area contributed by atoms with E-state index in [0.717, 1.165) is 0 Å². The first-order chi connectivity index (χ1) is 8.14. The molecule has 0 heterocycles. The van der Waals surface area contributed by atoms with Gasteiger partial charge in [-0.3, -0.25) is 0 Å². The topological polar surface area (TPSA) is 134 Å². The molecular formula is C10H20N4O4. The molecule has 4 amide bonds. The van der Waals surface area contributed by atoms with Crippen LogP contribution >= 0.6 is 0 Å². The number of carbonyl (C=O) groups is 3. The minimum Gasteiger partial charge on any atom is -0.480 e. The molecule has 0 fully saturated rings. The van der Waals surface area contributed by atoms with E-state index >= 15 is 0 Å². The van der Waals surface area contributed by atoms with Crippen molar-refractivity contribution < 1.29 is 19.5 Å². The second-order valence-corrected chi connectivity index (χ2v) is 4.83. The van der Waals surface area contributed by atoms with Gasteiger partial charge in [0, 0.05) is 13.1 Å². The highest BCUT2D eigenvalue weighted by Crippen LogP contribution is 2.19. The van der Waals surface area contributed by atoms with Gasteiger partial charge < -0.3 is 26.8 Å². The lowest BCUT2D eigenvalue weighted by atomic mass is 9.87. The molecule has 6 N–H and O–H groups in total. The molecule has 0 saturated heterocycles. The number of nitrogens with two attached hydrogens (primary N) is 1. The lowest BCUT2D eigenvalue weighted by molar-refractivity contribution is -0.141. The van der Waals surface area contributed by atoms with E-state index in [1.54, 1.807) is 20.8 Å². The molecule has 1 unspecified atom stereocenters. The molecule has 8 nitrogen and oxygen atoms in total. The highest BCUT2D eigenvalue weighted by Gasteiger charge is 2.32. The number of amides is 4. The van der Waals surface area contributed by atoms with Gasteiger partial charge in [-0.15, -0.1) is 0 Å². The first kappa shape index (κ1) is 16.0. The molecule has 8 heteroatoms. The number of nitrogens with one attached hydrogen (secondary N) is 3. The number of hydrogen-bond acceptors (Lipinski definition) is 3. The Labute approximate surface area is 105 Å². The first-order valence-corrected chi connectivity index (χ1v) is 5.45. The predicted octanol–water partition coefficient (Wildman–Crippen LogP) is -0.547. The minimum absolute atomic E-state index is 0.158. The lowest BCUT2D eigenvalue weighted by Crippen LogP contribution is -2.53. The summed E-state index contributed by atoms with van der Waals surface area (Å²) in [6, 6.07) is -2.29. The predicted molar refractivity (Wildman–Crippen MR) is 65.0 cm³/mol. The van der Waals surface area contributed by atoms with E-state index in [1.807, 2.05) is 0 Å². The van der Waals surface area contributed by atoms with Gasteiger partial charge in [0.05, 0.1) is 0 Å². The number of rotatable bonds is 5. The summed E-state index contributed by atoms with van der Waals surface area (Å²) in [6.07, 6.45) is 0. The van der Waals surface area contributed by atoms with E-state index in [0.29, 0.717) is 0 Å². The second-order valence-electron chi connectivity index (χ2n) is 4.83. The van der Waals surface area contributed by atoms with Crippen molar-refractivity contribution in [2.45, 2.75) is 26.8 Å². The summed E-state index contributed by atoms with van der Waals surface area (Å²) >= 11 is 0. The Balaban J connectivity index is 4.12. The molecule has 0 aliphatic rings. The van der Waals surface area contributed by atoms with Crippen LogP contribution in [-0.4, -0.2) is 42.3 Å². The summed E-state index contributed by atoms with van der Waals surface area (Å²) in [5, 5.41) is 16.0. The van der Waals surface area contributed by atoms with Gasteiger partial charge in [-0.1, -0.05) is 20.8 Å². The molecule has 0 aromatic rings. The molecule has 0 aliphatic heterocycles. The van der Waals surface area contributed by atoms with Gasteiger partial charge >= 0.3 is 18.0 Å². The third-order valence-corrected chi connectivity index (χ3v) is 2.10. The summed E-state index contributed by atoms with van der Waals surface area (Å²) in [7, 11) is 0. The maximum atomic E-state index is 11.4. The van der Waals surface area contributed by atoms with Crippen LogP contribution in [0.5, 0.6) is 0 Å². The number of aliphatic carboxylic acids is 1. The molecule has 1 atom stereocenters. The average molecular weight is 260 g/mol. The molecule has 0 bridgehead atoms. The Morgan fingerprint density at radius 2 is 1.67 bits per heavy atom. The molecule has 18 heavy (non-hydrogen) atoms. The fraction of sp³-hybridized carbons (Fsp3) is 0.700. The Morgan fingerprint density at radius 1 is 1.17 bits per heavy atom. The SMILES string of the molecule is CC(C)(C)C(NC(=O)NCCNC(N)=O)C(=O)O. The molecule has 0 aromatic heterocycles. The van der Waals surface area contributed by atoms with Crippen molar-refractivity contribution >= 4 is 18.0 Å². The Bertz CT molecular complexity index is 324. The highest BCUT2D eigenvalue weighted by atomic mass is 16.4. The molecule has 0 aromatic carbocycles. The van der Waals surface area contributed by atoms with Crippen LogP contribution in [0, 0.1) is 5.41 Å². The normalized spacial score (nSPS) is 12.4. The summed E-state index contributed by atoms with van der Waals surface area (Å²) < 4.78 is 0. The van der Waals surface area contributed by atoms with Gasteiger partial charge in [-0.25, -0.2) is 14.4 Å². The standard InChI is InChI=1S/C10H20N4O4/c1-10(2,3)6(7(15)16)14-9(18)13-5-4-12-8(11)17/h6H,4-5H2,1-3H3,(H,15,16)(H3,11,12,17)(H2,13,14,18). The summed E-state index contributed by atoms with van der Waals surface area (Å²) in [5.74, 6) is -1.10. The number of carboxylic acids is 1. The largest absolute Gasteiger partial charge is 0.480 e. The highest BCUT2D eigenvalue weighted by molar-refractivity contribution is 5.83. The van der Waals surface area contributed by atoms with Crippen LogP contribution in [0.4, 0.5) is 9.59 Å². The van der Waals surface area contributed by atoms with Crippen molar-refractivity contribution in [3.05, 3.63) is 0 Å². The van der Waals surface area contributed by atoms with E-state index < -0.39 is 29.5 Å². The van der Waals surface area contributed by atoms with Crippen LogP contribution in [0.2, 0.25) is 0 Å². The zero-order valence-electron chi connectivity index (χ0n) is 10.7. The van der Waals surface area contributed by atoms with Crippen LogP contribution < -0.4 is 21.7 Å². The Morgan fingerprint density at radius 3 is 2.06 bits per heavy atom. The zero-order valence-corrected chi connectivity index (χ0v) is 10.7. The molecule has 104 valence electrons. The van der Waals surface area contributed by atoms with Gasteiger partial charge in [-0.2, -0.15) is 0 Å². The van der Waals surface area contributed by atoms with E-state index in [1.165, 1.54) is 0 Å². The molecule has 0 spiro atoms. The minimum atomic E-state index is -1.10. The van der Waals surface area contributed by atoms with Crippen molar-refractivity contribution in [3.63, 3.8) is 0 Å². The molecule has 0 aliphatic carbocycles. The fourth-order valence-corrected chi connectivity index (χ4v) is 1.19. The first-order valence-electron chi connectivity index (χ1n) is 5.45. The number of carboxylic acid groups (broad SMARTS) is 1. The van der Waals surface area contributed by atoms with Gasteiger partial charge in [0.15, 0.2) is 0 Å². The van der Waals surface area contributed by atoms with E-state index in [2.05, 4.69) is 16.0 Å². The monoisotopic (exact) mass is 260 g/mol. The zero-order chi connectivity index (χ0) is 14.3. The lowest BCUT2D eigenvalue weighted by Gasteiger charge is -2.27.